The van der Waals surface area contributed by atoms with Gasteiger partial charge in [-0.25, -0.2) is 4.98 Å². The van der Waals surface area contributed by atoms with Crippen molar-refractivity contribution in [1.82, 2.24) is 15.2 Å². The third-order valence-electron chi connectivity index (χ3n) is 1.51. The molecule has 0 aromatic carbocycles. The molecule has 12 heavy (non-hydrogen) atoms. The smallest absolute Gasteiger partial charge is 0.268 e. The molecule has 0 aliphatic carbocycles. The molecule has 0 amide bonds. The van der Waals surface area contributed by atoms with Crippen LogP contribution in [0.4, 0.5) is 0 Å². The molecule has 5 heteroatoms. The topological polar surface area (TPSA) is 68.9 Å². The average Bonchev–Trinajstić information content (AvgIpc) is 2.12. The summed E-state index contributed by atoms with van der Waals surface area (Å²) < 4.78 is 4.99. The molecule has 2 aromatic rings. The summed E-state index contributed by atoms with van der Waals surface area (Å²) in [5, 5.41) is 7.09. The Morgan fingerprint density at radius 2 is 2.33 bits per heavy atom. The van der Waals surface area contributed by atoms with Crippen molar-refractivity contribution in [3.8, 4) is 0 Å². The van der Waals surface area contributed by atoms with Crippen LogP contribution in [0.3, 0.4) is 0 Å². The molecule has 0 N–H and O–H groups in total. The zero-order valence-corrected chi connectivity index (χ0v) is 6.31. The highest BCUT2D eigenvalue weighted by atomic mass is 16.3. The molecule has 0 radical (unpaired) electrons. The first-order valence-electron chi connectivity index (χ1n) is 3.35. The first-order valence-corrected chi connectivity index (χ1v) is 3.35. The zero-order chi connectivity index (χ0) is 8.55. The second kappa shape index (κ2) is 2.37. The number of hydrogen-bond acceptors (Lipinski definition) is 5. The molecule has 0 unspecified atom stereocenters. The first-order chi connectivity index (χ1) is 5.79. The van der Waals surface area contributed by atoms with E-state index in [0.717, 1.165) is 0 Å². The third-order valence-corrected chi connectivity index (χ3v) is 1.51. The fourth-order valence-electron chi connectivity index (χ4n) is 0.884. The molecule has 0 saturated heterocycles. The summed E-state index contributed by atoms with van der Waals surface area (Å²) >= 11 is 0. The van der Waals surface area contributed by atoms with Gasteiger partial charge in [0.15, 0.2) is 5.52 Å². The monoisotopic (exact) mass is 163 g/mol. The number of fused-ring (bicyclic) bond motifs is 1. The van der Waals surface area contributed by atoms with E-state index >= 15 is 0 Å². The Balaban J connectivity index is 3.01. The summed E-state index contributed by atoms with van der Waals surface area (Å²) in [6.45, 7) is 1.66. The van der Waals surface area contributed by atoms with Gasteiger partial charge in [0.25, 0.3) is 5.71 Å². The number of nitrogens with zero attached hydrogens (tertiary/aromatic N) is 3. The van der Waals surface area contributed by atoms with Gasteiger partial charge in [0, 0.05) is 5.56 Å². The molecule has 0 aliphatic heterocycles. The van der Waals surface area contributed by atoms with Gasteiger partial charge in [-0.15, -0.1) is 10.2 Å². The average molecular weight is 163 g/mol. The van der Waals surface area contributed by atoms with Crippen LogP contribution in [0.25, 0.3) is 11.2 Å². The van der Waals surface area contributed by atoms with E-state index in [-0.39, 0.29) is 16.7 Å². The molecule has 2 aromatic heterocycles. The maximum Gasteiger partial charge on any atom is 0.268 e. The van der Waals surface area contributed by atoms with E-state index in [9.17, 15) is 4.79 Å². The van der Waals surface area contributed by atoms with E-state index in [4.69, 9.17) is 4.42 Å². The predicted octanol–water partition coefficient (Wildman–Crippen LogP) is 0.286. The number of aryl methyl sites for hydroxylation is 1. The molecule has 0 fully saturated rings. The zero-order valence-electron chi connectivity index (χ0n) is 6.31. The second-order valence-corrected chi connectivity index (χ2v) is 2.36. The van der Waals surface area contributed by atoms with Crippen molar-refractivity contribution in [3.05, 3.63) is 28.4 Å². The molecular weight excluding hydrogens is 158 g/mol. The Hall–Kier alpha value is -1.78. The van der Waals surface area contributed by atoms with Crippen molar-refractivity contribution in [2.45, 2.75) is 6.92 Å². The molecule has 0 saturated carbocycles. The van der Waals surface area contributed by atoms with Crippen LogP contribution in [-0.4, -0.2) is 15.2 Å². The minimum absolute atomic E-state index is 0.161. The van der Waals surface area contributed by atoms with Crippen LogP contribution in [0.15, 0.2) is 21.8 Å². The van der Waals surface area contributed by atoms with Crippen molar-refractivity contribution in [2.75, 3.05) is 0 Å². The van der Waals surface area contributed by atoms with Crippen LogP contribution in [0.1, 0.15) is 5.56 Å². The maximum atomic E-state index is 11.3. The normalized spacial score (nSPS) is 10.4. The van der Waals surface area contributed by atoms with E-state index in [2.05, 4.69) is 15.2 Å². The van der Waals surface area contributed by atoms with Gasteiger partial charge in [0.05, 0.1) is 0 Å². The summed E-state index contributed by atoms with van der Waals surface area (Å²) in [5.74, 6) is 0. The van der Waals surface area contributed by atoms with Crippen LogP contribution in [0.5, 0.6) is 0 Å². The summed E-state index contributed by atoms with van der Waals surface area (Å²) in [7, 11) is 0. The van der Waals surface area contributed by atoms with Crippen molar-refractivity contribution >= 4 is 11.2 Å². The lowest BCUT2D eigenvalue weighted by Crippen LogP contribution is -2.07. The summed E-state index contributed by atoms with van der Waals surface area (Å²) in [4.78, 5) is 15.1. The Bertz CT molecular complexity index is 477. The minimum atomic E-state index is -0.161. The predicted molar refractivity (Wildman–Crippen MR) is 40.6 cm³/mol. The lowest BCUT2D eigenvalue weighted by molar-refractivity contribution is 0.575. The van der Waals surface area contributed by atoms with Crippen molar-refractivity contribution in [2.24, 2.45) is 0 Å². The first kappa shape index (κ1) is 6.90. The second-order valence-electron chi connectivity index (χ2n) is 2.36. The van der Waals surface area contributed by atoms with Gasteiger partial charge in [-0.3, -0.25) is 4.79 Å². The molecule has 0 bridgehead atoms. The minimum Gasteiger partial charge on any atom is -0.443 e. The van der Waals surface area contributed by atoms with Gasteiger partial charge in [-0.1, -0.05) is 0 Å². The van der Waals surface area contributed by atoms with Crippen molar-refractivity contribution in [1.29, 1.82) is 0 Å². The lowest BCUT2D eigenvalue weighted by Gasteiger charge is -1.92. The molecule has 60 valence electrons. The maximum absolute atomic E-state index is 11.3. The Morgan fingerprint density at radius 3 is 3.17 bits per heavy atom. The van der Waals surface area contributed by atoms with Crippen LogP contribution >= 0.6 is 0 Å². The van der Waals surface area contributed by atoms with Gasteiger partial charge < -0.3 is 4.42 Å². The van der Waals surface area contributed by atoms with Crippen molar-refractivity contribution in [3.63, 3.8) is 0 Å². The molecule has 2 heterocycles. The molecular formula is C7H5N3O2. The Kier molecular flexibility index (Phi) is 1.36. The van der Waals surface area contributed by atoms with E-state index in [0.29, 0.717) is 5.56 Å². The quantitative estimate of drug-likeness (QED) is 0.558. The highest BCUT2D eigenvalue weighted by molar-refractivity contribution is 5.66. The molecule has 0 spiro atoms. The standard InChI is InChI=1S/C7H5N3O2/c1-4-2-12-7-5(6(4)11)8-3-9-10-7/h2-3H,1H3. The SMILES string of the molecule is Cc1coc2nncnc2c1=O. The summed E-state index contributed by atoms with van der Waals surface area (Å²) in [6, 6.07) is 0. The van der Waals surface area contributed by atoms with Gasteiger partial charge in [0.1, 0.15) is 12.6 Å². The lowest BCUT2D eigenvalue weighted by atomic mass is 10.3. The highest BCUT2D eigenvalue weighted by Crippen LogP contribution is 2.01. The highest BCUT2D eigenvalue weighted by Gasteiger charge is 2.04. The van der Waals surface area contributed by atoms with Gasteiger partial charge >= 0.3 is 0 Å². The molecule has 0 aliphatic rings. The van der Waals surface area contributed by atoms with Crippen LogP contribution in [0.2, 0.25) is 0 Å². The van der Waals surface area contributed by atoms with E-state index in [1.807, 2.05) is 0 Å². The molecule has 5 nitrogen and oxygen atoms in total. The van der Waals surface area contributed by atoms with Crippen LogP contribution in [-0.2, 0) is 0 Å². The Morgan fingerprint density at radius 1 is 1.50 bits per heavy atom. The third kappa shape index (κ3) is 0.868. The summed E-state index contributed by atoms with van der Waals surface area (Å²) in [5.41, 5.74) is 0.757. The fraction of sp³-hybridized carbons (Fsp3) is 0.143. The van der Waals surface area contributed by atoms with Crippen LogP contribution < -0.4 is 5.43 Å². The number of hydrogen-bond donors (Lipinski definition) is 0. The van der Waals surface area contributed by atoms with Gasteiger partial charge in [0.2, 0.25) is 5.43 Å². The van der Waals surface area contributed by atoms with E-state index in [1.165, 1.54) is 12.6 Å². The van der Waals surface area contributed by atoms with Crippen molar-refractivity contribution < 1.29 is 4.42 Å². The Labute approximate surface area is 67.1 Å². The van der Waals surface area contributed by atoms with Gasteiger partial charge in [-0.2, -0.15) is 0 Å². The largest absolute Gasteiger partial charge is 0.443 e. The van der Waals surface area contributed by atoms with Crippen LogP contribution in [0, 0.1) is 6.92 Å². The van der Waals surface area contributed by atoms with Gasteiger partial charge in [-0.05, 0) is 6.92 Å². The molecule has 0 atom stereocenters. The number of rotatable bonds is 0. The fourth-order valence-corrected chi connectivity index (χ4v) is 0.884. The summed E-state index contributed by atoms with van der Waals surface area (Å²) in [6.07, 6.45) is 2.57. The van der Waals surface area contributed by atoms with E-state index in [1.54, 1.807) is 6.92 Å². The molecule has 2 rings (SSSR count). The number of aromatic nitrogens is 3. The van der Waals surface area contributed by atoms with E-state index < -0.39 is 0 Å².